The first-order valence-corrected chi connectivity index (χ1v) is 7.87. The summed E-state index contributed by atoms with van der Waals surface area (Å²) in [7, 11) is 1.41. The summed E-state index contributed by atoms with van der Waals surface area (Å²) in [5.74, 6) is -0.589. The summed E-state index contributed by atoms with van der Waals surface area (Å²) in [5, 5.41) is 2.98. The van der Waals surface area contributed by atoms with Gasteiger partial charge in [0.2, 0.25) is 0 Å². The number of amides is 2. The minimum absolute atomic E-state index is 0.145. The fourth-order valence-electron chi connectivity index (χ4n) is 2.28. The van der Waals surface area contributed by atoms with Crippen LogP contribution >= 0.6 is 11.6 Å². The molecule has 0 radical (unpaired) electrons. The number of carbonyl (C=O) groups excluding carboxylic acids is 2. The molecule has 0 aliphatic carbocycles. The highest BCUT2D eigenvalue weighted by molar-refractivity contribution is 6.32. The van der Waals surface area contributed by atoms with Gasteiger partial charge in [0.1, 0.15) is 0 Å². The summed E-state index contributed by atoms with van der Waals surface area (Å²) < 4.78 is 10.4. The number of hydrogen-bond donors (Lipinski definition) is 2. The minimum Gasteiger partial charge on any atom is -0.493 e. The lowest BCUT2D eigenvalue weighted by atomic mass is 10.1. The van der Waals surface area contributed by atoms with Gasteiger partial charge in [-0.05, 0) is 37.6 Å². The fraction of sp³-hybridized carbons (Fsp3) is 0.222. The van der Waals surface area contributed by atoms with Gasteiger partial charge in [0, 0.05) is 11.3 Å². The monoisotopic (exact) mass is 362 g/mol. The summed E-state index contributed by atoms with van der Waals surface area (Å²) in [4.78, 5) is 23.4. The molecule has 25 heavy (non-hydrogen) atoms. The van der Waals surface area contributed by atoms with Gasteiger partial charge in [0.15, 0.2) is 18.1 Å². The van der Waals surface area contributed by atoms with E-state index in [1.54, 1.807) is 0 Å². The molecule has 132 valence electrons. The lowest BCUT2D eigenvalue weighted by Crippen LogP contribution is -2.20. The highest BCUT2D eigenvalue weighted by Crippen LogP contribution is 2.36. The molecule has 0 aliphatic heterocycles. The van der Waals surface area contributed by atoms with E-state index in [0.717, 1.165) is 11.1 Å². The van der Waals surface area contributed by atoms with Crippen molar-refractivity contribution in [2.45, 2.75) is 13.8 Å². The largest absolute Gasteiger partial charge is 0.493 e. The molecule has 6 nitrogen and oxygen atoms in total. The van der Waals surface area contributed by atoms with Crippen LogP contribution in [0.4, 0.5) is 5.69 Å². The smallest absolute Gasteiger partial charge is 0.255 e. The zero-order valence-electron chi connectivity index (χ0n) is 14.2. The molecule has 3 N–H and O–H groups in total. The number of anilines is 1. The van der Waals surface area contributed by atoms with Gasteiger partial charge >= 0.3 is 0 Å². The van der Waals surface area contributed by atoms with E-state index in [4.69, 9.17) is 26.8 Å². The van der Waals surface area contributed by atoms with Gasteiger partial charge in [0.05, 0.1) is 12.1 Å². The van der Waals surface area contributed by atoms with Gasteiger partial charge in [0.25, 0.3) is 11.8 Å². The number of halogens is 1. The molecule has 7 heteroatoms. The molecule has 0 heterocycles. The fourth-order valence-corrected chi connectivity index (χ4v) is 2.55. The second-order valence-corrected chi connectivity index (χ2v) is 5.92. The van der Waals surface area contributed by atoms with E-state index in [1.807, 2.05) is 32.0 Å². The van der Waals surface area contributed by atoms with Crippen LogP contribution in [0.3, 0.4) is 0 Å². The van der Waals surface area contributed by atoms with E-state index in [0.29, 0.717) is 11.3 Å². The van der Waals surface area contributed by atoms with E-state index >= 15 is 0 Å². The van der Waals surface area contributed by atoms with Crippen LogP contribution in [-0.2, 0) is 4.79 Å². The van der Waals surface area contributed by atoms with E-state index in [1.165, 1.54) is 19.2 Å². The molecule has 0 unspecified atom stereocenters. The van der Waals surface area contributed by atoms with Crippen LogP contribution in [0.25, 0.3) is 0 Å². The van der Waals surface area contributed by atoms with Crippen LogP contribution in [-0.4, -0.2) is 25.5 Å². The van der Waals surface area contributed by atoms with Gasteiger partial charge in [-0.25, -0.2) is 0 Å². The van der Waals surface area contributed by atoms with Gasteiger partial charge in [-0.1, -0.05) is 29.3 Å². The summed E-state index contributed by atoms with van der Waals surface area (Å²) in [6.45, 7) is 3.55. The molecule has 2 aromatic rings. The molecule has 0 saturated heterocycles. The number of nitrogens with one attached hydrogen (secondary N) is 1. The maximum absolute atomic E-state index is 12.5. The lowest BCUT2D eigenvalue weighted by Gasteiger charge is -2.14. The van der Waals surface area contributed by atoms with Crippen LogP contribution in [0.15, 0.2) is 30.3 Å². The molecule has 0 fully saturated rings. The Balaban J connectivity index is 2.27. The minimum atomic E-state index is -0.644. The number of primary amides is 1. The zero-order chi connectivity index (χ0) is 18.6. The number of ether oxygens (including phenoxy) is 2. The topological polar surface area (TPSA) is 90.7 Å². The number of rotatable bonds is 6. The molecule has 0 atom stereocenters. The van der Waals surface area contributed by atoms with Crippen molar-refractivity contribution in [3.63, 3.8) is 0 Å². The highest BCUT2D eigenvalue weighted by Gasteiger charge is 2.17. The SMILES string of the molecule is COc1cc(C(=O)Nc2ccc(C)cc2C)cc(Cl)c1OCC(N)=O. The van der Waals surface area contributed by atoms with E-state index in [-0.39, 0.29) is 29.0 Å². The summed E-state index contributed by atoms with van der Waals surface area (Å²) in [5.41, 5.74) is 8.13. The first-order chi connectivity index (χ1) is 11.8. The predicted octanol–water partition coefficient (Wildman–Crippen LogP) is 3.08. The maximum atomic E-state index is 12.5. The molecule has 2 aromatic carbocycles. The molecule has 0 aromatic heterocycles. The quantitative estimate of drug-likeness (QED) is 0.826. The molecule has 0 saturated carbocycles. The third kappa shape index (κ3) is 4.64. The van der Waals surface area contributed by atoms with Crippen molar-refractivity contribution in [1.29, 1.82) is 0 Å². The van der Waals surface area contributed by atoms with Crippen LogP contribution in [0.2, 0.25) is 5.02 Å². The van der Waals surface area contributed by atoms with Gasteiger partial charge in [-0.3, -0.25) is 9.59 Å². The summed E-state index contributed by atoms with van der Waals surface area (Å²) >= 11 is 6.16. The van der Waals surface area contributed by atoms with Gasteiger partial charge in [-0.15, -0.1) is 0 Å². The third-order valence-electron chi connectivity index (χ3n) is 3.48. The first-order valence-electron chi connectivity index (χ1n) is 7.49. The van der Waals surface area contributed by atoms with E-state index < -0.39 is 5.91 Å². The Morgan fingerprint density at radius 1 is 1.20 bits per heavy atom. The van der Waals surface area contributed by atoms with Crippen LogP contribution in [0.5, 0.6) is 11.5 Å². The van der Waals surface area contributed by atoms with Crippen LogP contribution in [0, 0.1) is 13.8 Å². The average molecular weight is 363 g/mol. The van der Waals surface area contributed by atoms with Crippen molar-refractivity contribution in [1.82, 2.24) is 0 Å². The molecular weight excluding hydrogens is 344 g/mol. The first kappa shape index (κ1) is 18.6. The Bertz CT molecular complexity index is 821. The third-order valence-corrected chi connectivity index (χ3v) is 3.76. The Hall–Kier alpha value is -2.73. The molecule has 0 aliphatic rings. The normalized spacial score (nSPS) is 10.2. The second kappa shape index (κ2) is 7.90. The Morgan fingerprint density at radius 2 is 1.92 bits per heavy atom. The van der Waals surface area contributed by atoms with Crippen molar-refractivity contribution in [3.05, 3.63) is 52.0 Å². The average Bonchev–Trinajstić information content (AvgIpc) is 2.55. The Morgan fingerprint density at radius 3 is 2.52 bits per heavy atom. The maximum Gasteiger partial charge on any atom is 0.255 e. The standard InChI is InChI=1S/C18H19ClN2O4/c1-10-4-5-14(11(2)6-10)21-18(23)12-7-13(19)17(15(8-12)24-3)25-9-16(20)22/h4-8H,9H2,1-3H3,(H2,20,22)(H,21,23). The second-order valence-electron chi connectivity index (χ2n) is 5.52. The van der Waals surface area contributed by atoms with Crippen molar-refractivity contribution < 1.29 is 19.1 Å². The number of benzene rings is 2. The lowest BCUT2D eigenvalue weighted by molar-refractivity contribution is -0.119. The zero-order valence-corrected chi connectivity index (χ0v) is 14.9. The Kier molecular flexibility index (Phi) is 5.88. The van der Waals surface area contributed by atoms with Gasteiger partial charge < -0.3 is 20.5 Å². The summed E-state index contributed by atoms with van der Waals surface area (Å²) in [6, 6.07) is 8.66. The van der Waals surface area contributed by atoms with E-state index in [2.05, 4.69) is 5.32 Å². The molecule has 0 bridgehead atoms. The number of methoxy groups -OCH3 is 1. The molecular formula is C18H19ClN2O4. The number of hydrogen-bond acceptors (Lipinski definition) is 4. The number of carbonyl (C=O) groups is 2. The van der Waals surface area contributed by atoms with Crippen molar-refractivity contribution in [3.8, 4) is 11.5 Å². The molecule has 2 amide bonds. The molecule has 0 spiro atoms. The van der Waals surface area contributed by atoms with Crippen molar-refractivity contribution in [2.24, 2.45) is 5.73 Å². The number of nitrogens with two attached hydrogens (primary N) is 1. The number of aryl methyl sites for hydroxylation is 2. The van der Waals surface area contributed by atoms with Crippen LogP contribution in [0.1, 0.15) is 21.5 Å². The van der Waals surface area contributed by atoms with E-state index in [9.17, 15) is 9.59 Å². The Labute approximate surface area is 150 Å². The van der Waals surface area contributed by atoms with Crippen LogP contribution < -0.4 is 20.5 Å². The van der Waals surface area contributed by atoms with Gasteiger partial charge in [-0.2, -0.15) is 0 Å². The predicted molar refractivity (Wildman–Crippen MR) is 96.6 cm³/mol. The van der Waals surface area contributed by atoms with Crippen molar-refractivity contribution >= 4 is 29.1 Å². The molecule has 2 rings (SSSR count). The van der Waals surface area contributed by atoms with Crippen molar-refractivity contribution in [2.75, 3.05) is 19.0 Å². The summed E-state index contributed by atoms with van der Waals surface area (Å²) in [6.07, 6.45) is 0. The highest BCUT2D eigenvalue weighted by atomic mass is 35.5.